The predicted molar refractivity (Wildman–Crippen MR) is 121 cm³/mol. The van der Waals surface area contributed by atoms with E-state index < -0.39 is 0 Å². The molecule has 0 fully saturated rings. The molecular weight excluding hydrogens is 392 g/mol. The van der Waals surface area contributed by atoms with E-state index in [4.69, 9.17) is 14.5 Å². The van der Waals surface area contributed by atoms with Crippen molar-refractivity contribution in [1.82, 2.24) is 14.8 Å². The summed E-state index contributed by atoms with van der Waals surface area (Å²) in [5.41, 5.74) is 3.84. The highest BCUT2D eigenvalue weighted by molar-refractivity contribution is 6.12. The van der Waals surface area contributed by atoms with E-state index in [2.05, 4.69) is 38.1 Å². The van der Waals surface area contributed by atoms with Crippen LogP contribution >= 0.6 is 0 Å². The maximum absolute atomic E-state index is 13.4. The molecule has 31 heavy (non-hydrogen) atoms. The number of rotatable bonds is 6. The Hall–Kier alpha value is -3.09. The van der Waals surface area contributed by atoms with E-state index in [0.717, 1.165) is 34.5 Å². The number of anilines is 1. The van der Waals surface area contributed by atoms with Gasteiger partial charge in [0, 0.05) is 29.8 Å². The molecule has 7 heteroatoms. The molecule has 0 unspecified atom stereocenters. The third kappa shape index (κ3) is 3.96. The number of aromatic nitrogens is 3. The molecule has 4 rings (SSSR count). The van der Waals surface area contributed by atoms with Crippen LogP contribution in [0.2, 0.25) is 0 Å². The van der Waals surface area contributed by atoms with E-state index in [1.807, 2.05) is 36.7 Å². The van der Waals surface area contributed by atoms with Gasteiger partial charge in [-0.25, -0.2) is 9.67 Å². The van der Waals surface area contributed by atoms with Crippen molar-refractivity contribution in [2.75, 3.05) is 11.9 Å². The molecule has 1 amide bonds. The number of carbonyl (C=O) groups is 1. The zero-order chi connectivity index (χ0) is 22.3. The molecule has 164 valence electrons. The van der Waals surface area contributed by atoms with Gasteiger partial charge in [0.05, 0.1) is 29.4 Å². The van der Waals surface area contributed by atoms with E-state index >= 15 is 0 Å². The monoisotopic (exact) mass is 422 g/mol. The van der Waals surface area contributed by atoms with Crippen molar-refractivity contribution < 1.29 is 14.3 Å². The number of amides is 1. The first-order chi connectivity index (χ1) is 14.8. The smallest absolute Gasteiger partial charge is 0.256 e. The lowest BCUT2D eigenvalue weighted by atomic mass is 10.0. The quantitative estimate of drug-likeness (QED) is 0.597. The highest BCUT2D eigenvalue weighted by atomic mass is 16.5. The van der Waals surface area contributed by atoms with Crippen LogP contribution in [0.3, 0.4) is 0 Å². The minimum Gasteiger partial charge on any atom is -0.492 e. The van der Waals surface area contributed by atoms with Gasteiger partial charge >= 0.3 is 0 Å². The second-order valence-electron chi connectivity index (χ2n) is 8.65. The second kappa shape index (κ2) is 8.21. The van der Waals surface area contributed by atoms with Crippen LogP contribution in [0.15, 0.2) is 24.4 Å². The van der Waals surface area contributed by atoms with Crippen LogP contribution in [0, 0.1) is 0 Å². The molecule has 1 aromatic carbocycles. The highest BCUT2D eigenvalue weighted by Crippen LogP contribution is 2.38. The lowest BCUT2D eigenvalue weighted by Gasteiger charge is -2.15. The fraction of sp³-hybridized carbons (Fsp3) is 0.458. The molecule has 3 heterocycles. The van der Waals surface area contributed by atoms with Crippen LogP contribution in [0.25, 0.3) is 11.0 Å². The van der Waals surface area contributed by atoms with Crippen LogP contribution in [-0.4, -0.2) is 33.4 Å². The Morgan fingerprint density at radius 2 is 2.06 bits per heavy atom. The molecule has 7 nitrogen and oxygen atoms in total. The van der Waals surface area contributed by atoms with Crippen LogP contribution in [0.1, 0.15) is 75.1 Å². The summed E-state index contributed by atoms with van der Waals surface area (Å²) in [4.78, 5) is 18.2. The van der Waals surface area contributed by atoms with Gasteiger partial charge in [0.15, 0.2) is 5.65 Å². The molecule has 2 aromatic heterocycles. The Morgan fingerprint density at radius 3 is 2.74 bits per heavy atom. The van der Waals surface area contributed by atoms with Crippen molar-refractivity contribution in [2.45, 2.75) is 66.0 Å². The summed E-state index contributed by atoms with van der Waals surface area (Å²) in [6.07, 6.45) is 2.67. The van der Waals surface area contributed by atoms with Crippen molar-refractivity contribution >= 4 is 22.6 Å². The fourth-order valence-electron chi connectivity index (χ4n) is 3.90. The summed E-state index contributed by atoms with van der Waals surface area (Å²) in [5.74, 6) is 1.41. The van der Waals surface area contributed by atoms with Gasteiger partial charge in [0.2, 0.25) is 0 Å². The molecule has 1 aliphatic rings. The molecule has 1 aliphatic heterocycles. The normalized spacial score (nSPS) is 15.4. The van der Waals surface area contributed by atoms with E-state index in [1.54, 1.807) is 6.20 Å². The van der Waals surface area contributed by atoms with Gasteiger partial charge < -0.3 is 14.8 Å². The molecule has 0 saturated carbocycles. The maximum Gasteiger partial charge on any atom is 0.256 e. The Kier molecular flexibility index (Phi) is 5.60. The number of ether oxygens (including phenoxy) is 2. The van der Waals surface area contributed by atoms with Crippen molar-refractivity contribution in [3.8, 4) is 11.5 Å². The predicted octanol–water partition coefficient (Wildman–Crippen LogP) is 5.11. The number of hydrogen-bond acceptors (Lipinski definition) is 5. The zero-order valence-electron chi connectivity index (χ0n) is 19.0. The first-order valence-corrected chi connectivity index (χ1v) is 10.9. The largest absolute Gasteiger partial charge is 0.492 e. The van der Waals surface area contributed by atoms with Gasteiger partial charge in [-0.05, 0) is 45.7 Å². The summed E-state index contributed by atoms with van der Waals surface area (Å²) < 4.78 is 13.6. The lowest BCUT2D eigenvalue weighted by molar-refractivity contribution is 0.102. The first-order valence-electron chi connectivity index (χ1n) is 10.9. The molecule has 0 saturated heterocycles. The molecule has 0 bridgehead atoms. The van der Waals surface area contributed by atoms with Gasteiger partial charge in [0.25, 0.3) is 5.91 Å². The van der Waals surface area contributed by atoms with Crippen LogP contribution in [-0.2, 0) is 6.42 Å². The molecule has 1 N–H and O–H groups in total. The molecule has 0 aliphatic carbocycles. The number of benzene rings is 1. The summed E-state index contributed by atoms with van der Waals surface area (Å²) in [6.45, 7) is 12.7. The van der Waals surface area contributed by atoms with Gasteiger partial charge in [-0.15, -0.1) is 0 Å². The summed E-state index contributed by atoms with van der Waals surface area (Å²) in [6, 6.07) is 5.84. The standard InChI is InChI=1S/C24H30N4O3/c1-7-30-22-9-16-8-15(6)31-21(16)11-20(22)27-24(29)17-10-19(13(2)3)26-23-18(17)12-25-28(23)14(4)5/h9-15H,7-8H2,1-6H3,(H,27,29)/t15-/m1/s1. The Bertz CT molecular complexity index is 1130. The topological polar surface area (TPSA) is 78.3 Å². The minimum absolute atomic E-state index is 0.116. The number of nitrogens with one attached hydrogen (secondary N) is 1. The summed E-state index contributed by atoms with van der Waals surface area (Å²) >= 11 is 0. The molecule has 1 atom stereocenters. The number of carbonyl (C=O) groups excluding carboxylic acids is 1. The van der Waals surface area contributed by atoms with E-state index in [-0.39, 0.29) is 24.0 Å². The van der Waals surface area contributed by atoms with Gasteiger partial charge in [-0.3, -0.25) is 4.79 Å². The van der Waals surface area contributed by atoms with E-state index in [0.29, 0.717) is 23.6 Å². The third-order valence-electron chi connectivity index (χ3n) is 5.46. The van der Waals surface area contributed by atoms with Crippen molar-refractivity contribution in [2.24, 2.45) is 0 Å². The molecular formula is C24H30N4O3. The first kappa shape index (κ1) is 21.2. The Morgan fingerprint density at radius 1 is 1.29 bits per heavy atom. The van der Waals surface area contributed by atoms with Crippen LogP contribution in [0.5, 0.6) is 11.5 Å². The Labute approximate surface area is 182 Å². The Balaban J connectivity index is 1.76. The lowest BCUT2D eigenvalue weighted by Crippen LogP contribution is -2.15. The number of hydrogen-bond donors (Lipinski definition) is 1. The number of fused-ring (bicyclic) bond motifs is 2. The average Bonchev–Trinajstić information content (AvgIpc) is 3.29. The minimum atomic E-state index is -0.218. The SMILES string of the molecule is CCOc1cc2c(cc1NC(=O)c1cc(C(C)C)nc3c1cnn3C(C)C)O[C@H](C)C2. The summed E-state index contributed by atoms with van der Waals surface area (Å²) in [5, 5.41) is 8.26. The zero-order valence-corrected chi connectivity index (χ0v) is 19.0. The van der Waals surface area contributed by atoms with Crippen molar-refractivity contribution in [3.63, 3.8) is 0 Å². The van der Waals surface area contributed by atoms with E-state index in [9.17, 15) is 4.79 Å². The fourth-order valence-corrected chi connectivity index (χ4v) is 3.90. The van der Waals surface area contributed by atoms with Crippen LogP contribution in [0.4, 0.5) is 5.69 Å². The summed E-state index contributed by atoms with van der Waals surface area (Å²) in [7, 11) is 0. The molecule has 0 spiro atoms. The second-order valence-corrected chi connectivity index (χ2v) is 8.65. The molecule has 3 aromatic rings. The van der Waals surface area contributed by atoms with Crippen molar-refractivity contribution in [3.05, 3.63) is 41.2 Å². The van der Waals surface area contributed by atoms with Crippen LogP contribution < -0.4 is 14.8 Å². The third-order valence-corrected chi connectivity index (χ3v) is 5.46. The number of nitrogens with zero attached hydrogens (tertiary/aromatic N) is 3. The highest BCUT2D eigenvalue weighted by Gasteiger charge is 2.24. The van der Waals surface area contributed by atoms with E-state index in [1.165, 1.54) is 0 Å². The van der Waals surface area contributed by atoms with Gasteiger partial charge in [0.1, 0.15) is 17.6 Å². The van der Waals surface area contributed by atoms with Crippen molar-refractivity contribution in [1.29, 1.82) is 0 Å². The molecule has 0 radical (unpaired) electrons. The van der Waals surface area contributed by atoms with Gasteiger partial charge in [-0.1, -0.05) is 13.8 Å². The maximum atomic E-state index is 13.4. The average molecular weight is 423 g/mol. The van der Waals surface area contributed by atoms with Gasteiger partial charge in [-0.2, -0.15) is 5.10 Å². The number of pyridine rings is 1.